The molecule has 0 aliphatic heterocycles. The Balaban J connectivity index is 1.85. The maximum absolute atomic E-state index is 12.2. The molecule has 0 aliphatic rings. The normalized spacial score (nSPS) is 11.7. The average Bonchev–Trinajstić information content (AvgIpc) is 3.34. The molecule has 0 unspecified atom stereocenters. The summed E-state index contributed by atoms with van der Waals surface area (Å²) in [6.07, 6.45) is 1.38. The molecule has 3 N–H and O–H groups in total. The molecule has 3 aromatic heterocycles. The number of aryl methyl sites for hydroxylation is 1. The van der Waals surface area contributed by atoms with E-state index in [1.165, 1.54) is 32.6 Å². The first-order valence-electron chi connectivity index (χ1n) is 8.57. The van der Waals surface area contributed by atoms with Gasteiger partial charge in [-0.3, -0.25) is 5.10 Å². The van der Waals surface area contributed by atoms with E-state index in [2.05, 4.69) is 30.2 Å². The number of anilines is 2. The van der Waals surface area contributed by atoms with Crippen LogP contribution >= 0.6 is 0 Å². The molecule has 0 saturated carbocycles. The van der Waals surface area contributed by atoms with Crippen molar-refractivity contribution in [3.05, 3.63) is 42.4 Å². The number of hydrogen-bond donors (Lipinski definition) is 3. The Bertz CT molecular complexity index is 1290. The number of hydrogen-bond acceptors (Lipinski definition) is 8. The lowest BCUT2D eigenvalue weighted by Gasteiger charge is -2.13. The number of nitrogens with one attached hydrogen (secondary N) is 3. The Hall–Kier alpha value is -3.44. The first kappa shape index (κ1) is 18.9. The van der Waals surface area contributed by atoms with Gasteiger partial charge in [-0.1, -0.05) is 0 Å². The molecule has 0 fully saturated rings. The number of fused-ring (bicyclic) bond motifs is 1. The SMILES string of the molecule is CNS(=O)(=O)c1ccc(OC)c(Nc2ncnc3[nH]nc(-c4ccc(C)o4)c23)c1. The number of aromatic amines is 1. The van der Waals surface area contributed by atoms with Gasteiger partial charge in [0.05, 0.1) is 23.1 Å². The highest BCUT2D eigenvalue weighted by Crippen LogP contribution is 2.35. The van der Waals surface area contributed by atoms with Crippen LogP contribution in [0.3, 0.4) is 0 Å². The van der Waals surface area contributed by atoms with Crippen LogP contribution < -0.4 is 14.8 Å². The van der Waals surface area contributed by atoms with E-state index in [0.29, 0.717) is 39.7 Å². The monoisotopic (exact) mass is 414 g/mol. The topological polar surface area (TPSA) is 135 Å². The minimum Gasteiger partial charge on any atom is -0.495 e. The van der Waals surface area contributed by atoms with Crippen molar-refractivity contribution in [2.75, 3.05) is 19.5 Å². The minimum atomic E-state index is -3.63. The van der Waals surface area contributed by atoms with E-state index in [1.54, 1.807) is 6.07 Å². The molecule has 0 amide bonds. The van der Waals surface area contributed by atoms with Crippen molar-refractivity contribution in [1.82, 2.24) is 24.9 Å². The molecule has 1 aromatic carbocycles. The smallest absolute Gasteiger partial charge is 0.240 e. The first-order valence-corrected chi connectivity index (χ1v) is 10.1. The van der Waals surface area contributed by atoms with Gasteiger partial charge < -0.3 is 14.5 Å². The summed E-state index contributed by atoms with van der Waals surface area (Å²) in [5.41, 5.74) is 1.46. The number of methoxy groups -OCH3 is 1. The number of ether oxygens (including phenoxy) is 1. The number of rotatable bonds is 6. The molecule has 0 atom stereocenters. The second-order valence-corrected chi connectivity index (χ2v) is 8.01. The zero-order valence-corrected chi connectivity index (χ0v) is 16.7. The van der Waals surface area contributed by atoms with Crippen LogP contribution in [0.25, 0.3) is 22.5 Å². The number of aromatic nitrogens is 4. The third kappa shape index (κ3) is 3.41. The molecule has 0 radical (unpaired) electrons. The van der Waals surface area contributed by atoms with Gasteiger partial charge in [0.1, 0.15) is 29.3 Å². The lowest BCUT2D eigenvalue weighted by molar-refractivity contribution is 0.416. The predicted octanol–water partition coefficient (Wildman–Crippen LogP) is 2.58. The Morgan fingerprint density at radius 2 is 2.00 bits per heavy atom. The summed E-state index contributed by atoms with van der Waals surface area (Å²) in [5.74, 6) is 2.18. The van der Waals surface area contributed by atoms with Crippen LogP contribution in [0.5, 0.6) is 5.75 Å². The summed E-state index contributed by atoms with van der Waals surface area (Å²) < 4.78 is 37.7. The molecular formula is C18H18N6O4S. The Labute approximate surface area is 166 Å². The van der Waals surface area contributed by atoms with Gasteiger partial charge in [0.2, 0.25) is 10.0 Å². The van der Waals surface area contributed by atoms with Gasteiger partial charge in [-0.2, -0.15) is 5.10 Å². The molecule has 4 rings (SSSR count). The fraction of sp³-hybridized carbons (Fsp3) is 0.167. The maximum atomic E-state index is 12.2. The number of nitrogens with zero attached hydrogens (tertiary/aromatic N) is 3. The third-order valence-electron chi connectivity index (χ3n) is 4.33. The molecule has 0 aliphatic carbocycles. The van der Waals surface area contributed by atoms with Crippen LogP contribution in [-0.2, 0) is 10.0 Å². The second-order valence-electron chi connectivity index (χ2n) is 6.12. The highest BCUT2D eigenvalue weighted by Gasteiger charge is 2.19. The van der Waals surface area contributed by atoms with Gasteiger partial charge in [-0.15, -0.1) is 0 Å². The van der Waals surface area contributed by atoms with Crippen molar-refractivity contribution >= 4 is 32.6 Å². The Morgan fingerprint density at radius 1 is 1.17 bits per heavy atom. The van der Waals surface area contributed by atoms with Crippen molar-refractivity contribution in [2.24, 2.45) is 0 Å². The zero-order chi connectivity index (χ0) is 20.6. The molecule has 11 heteroatoms. The lowest BCUT2D eigenvalue weighted by Crippen LogP contribution is -2.18. The summed E-state index contributed by atoms with van der Waals surface area (Å²) in [6, 6.07) is 8.14. The molecule has 0 spiro atoms. The zero-order valence-electron chi connectivity index (χ0n) is 15.8. The van der Waals surface area contributed by atoms with Gasteiger partial charge >= 0.3 is 0 Å². The van der Waals surface area contributed by atoms with E-state index in [4.69, 9.17) is 9.15 Å². The number of benzene rings is 1. The standard InChI is InChI=1S/C18H18N6O4S/c1-10-4-6-14(28-10)16-15-17(20-9-21-18(15)24-23-16)22-12-8-11(29(25,26)19-2)5-7-13(12)27-3/h4-9,19H,1-3H3,(H2,20,21,22,23,24). The third-order valence-corrected chi connectivity index (χ3v) is 5.75. The van der Waals surface area contributed by atoms with E-state index in [-0.39, 0.29) is 4.90 Å². The quantitative estimate of drug-likeness (QED) is 0.438. The molecule has 0 saturated heterocycles. The summed E-state index contributed by atoms with van der Waals surface area (Å²) in [7, 11) is -0.782. The lowest BCUT2D eigenvalue weighted by atomic mass is 10.2. The fourth-order valence-electron chi connectivity index (χ4n) is 2.89. The van der Waals surface area contributed by atoms with E-state index in [1.807, 2.05) is 19.1 Å². The van der Waals surface area contributed by atoms with E-state index >= 15 is 0 Å². The molecule has 3 heterocycles. The number of H-pyrrole nitrogens is 1. The molecule has 10 nitrogen and oxygen atoms in total. The highest BCUT2D eigenvalue weighted by molar-refractivity contribution is 7.89. The van der Waals surface area contributed by atoms with Crippen molar-refractivity contribution in [2.45, 2.75) is 11.8 Å². The molecule has 4 aromatic rings. The molecule has 0 bridgehead atoms. The van der Waals surface area contributed by atoms with Crippen LogP contribution in [0.2, 0.25) is 0 Å². The minimum absolute atomic E-state index is 0.0858. The number of sulfonamides is 1. The Kier molecular flexibility index (Phi) is 4.68. The summed E-state index contributed by atoms with van der Waals surface area (Å²) >= 11 is 0. The van der Waals surface area contributed by atoms with Crippen molar-refractivity contribution in [3.8, 4) is 17.2 Å². The van der Waals surface area contributed by atoms with Gasteiger partial charge in [0.25, 0.3) is 0 Å². The predicted molar refractivity (Wildman–Crippen MR) is 107 cm³/mol. The van der Waals surface area contributed by atoms with Crippen LogP contribution in [0.4, 0.5) is 11.5 Å². The van der Waals surface area contributed by atoms with Crippen molar-refractivity contribution < 1.29 is 17.6 Å². The second kappa shape index (κ2) is 7.18. The summed E-state index contributed by atoms with van der Waals surface area (Å²) in [6.45, 7) is 1.84. The maximum Gasteiger partial charge on any atom is 0.240 e. The largest absolute Gasteiger partial charge is 0.495 e. The van der Waals surface area contributed by atoms with Crippen molar-refractivity contribution in [1.29, 1.82) is 0 Å². The first-order chi connectivity index (χ1) is 13.9. The van der Waals surface area contributed by atoms with Crippen LogP contribution in [0.15, 0.2) is 46.0 Å². The number of furan rings is 1. The van der Waals surface area contributed by atoms with Crippen LogP contribution in [0, 0.1) is 6.92 Å². The van der Waals surface area contributed by atoms with Crippen molar-refractivity contribution in [3.63, 3.8) is 0 Å². The molecular weight excluding hydrogens is 396 g/mol. The van der Waals surface area contributed by atoms with Crippen LogP contribution in [0.1, 0.15) is 5.76 Å². The highest BCUT2D eigenvalue weighted by atomic mass is 32.2. The van der Waals surface area contributed by atoms with Crippen LogP contribution in [-0.4, -0.2) is 42.7 Å². The van der Waals surface area contributed by atoms with Gasteiger partial charge in [0, 0.05) is 0 Å². The summed E-state index contributed by atoms with van der Waals surface area (Å²) in [4.78, 5) is 8.60. The van der Waals surface area contributed by atoms with Gasteiger partial charge in [-0.05, 0) is 44.3 Å². The van der Waals surface area contributed by atoms with E-state index < -0.39 is 10.0 Å². The van der Waals surface area contributed by atoms with E-state index in [0.717, 1.165) is 5.76 Å². The molecule has 29 heavy (non-hydrogen) atoms. The van der Waals surface area contributed by atoms with E-state index in [9.17, 15) is 8.42 Å². The Morgan fingerprint density at radius 3 is 2.69 bits per heavy atom. The average molecular weight is 414 g/mol. The van der Waals surface area contributed by atoms with Gasteiger partial charge in [0.15, 0.2) is 11.4 Å². The van der Waals surface area contributed by atoms with Gasteiger partial charge in [-0.25, -0.2) is 23.1 Å². The fourth-order valence-corrected chi connectivity index (χ4v) is 3.65. The summed E-state index contributed by atoms with van der Waals surface area (Å²) in [5, 5.41) is 10.9. The molecule has 150 valence electrons.